The molecule has 2 unspecified atom stereocenters. The van der Waals surface area contributed by atoms with Gasteiger partial charge in [-0.05, 0) is 106 Å². The zero-order valence-corrected chi connectivity index (χ0v) is 16.9. The van der Waals surface area contributed by atoms with Gasteiger partial charge in [-0.2, -0.15) is 0 Å². The second-order valence-corrected chi connectivity index (χ2v) is 9.58. The van der Waals surface area contributed by atoms with Crippen molar-refractivity contribution in [2.24, 2.45) is 17.3 Å². The molecule has 0 radical (unpaired) electrons. The quantitative estimate of drug-likeness (QED) is 0.643. The average molecular weight is 370 g/mol. The van der Waals surface area contributed by atoms with Gasteiger partial charge in [-0.15, -0.1) is 0 Å². The van der Waals surface area contributed by atoms with Gasteiger partial charge in [0.05, 0.1) is 11.0 Å². The fourth-order valence-corrected chi connectivity index (χ4v) is 6.32. The largest absolute Gasteiger partial charge is 0.457 e. The minimum absolute atomic E-state index is 0.143. The van der Waals surface area contributed by atoms with Crippen molar-refractivity contribution in [3.63, 3.8) is 0 Å². The topological polar surface area (TPSA) is 63.6 Å². The van der Waals surface area contributed by atoms with Gasteiger partial charge in [0.15, 0.2) is 6.61 Å². The molecular formula is C23H30O4. The molecule has 5 rings (SSSR count). The van der Waals surface area contributed by atoms with Crippen LogP contribution in [-0.4, -0.2) is 29.1 Å². The molecule has 4 aliphatic rings. The van der Waals surface area contributed by atoms with Crippen LogP contribution < -0.4 is 0 Å². The Balaban J connectivity index is 1.48. The molecule has 4 aliphatic carbocycles. The van der Waals surface area contributed by atoms with Crippen LogP contribution in [0.1, 0.15) is 71.1 Å². The lowest BCUT2D eigenvalue weighted by Gasteiger charge is -2.58. The van der Waals surface area contributed by atoms with Crippen LogP contribution in [0.3, 0.4) is 0 Å². The second-order valence-electron chi connectivity index (χ2n) is 9.58. The summed E-state index contributed by atoms with van der Waals surface area (Å²) in [5.41, 5.74) is 3.73. The summed E-state index contributed by atoms with van der Waals surface area (Å²) >= 11 is 0. The summed E-state index contributed by atoms with van der Waals surface area (Å²) in [6.45, 7) is 7.82. The number of aliphatic hydroxyl groups is 1. The van der Waals surface area contributed by atoms with Crippen LogP contribution in [0.5, 0.6) is 0 Å². The van der Waals surface area contributed by atoms with Gasteiger partial charge >= 0.3 is 5.97 Å². The van der Waals surface area contributed by atoms with Crippen LogP contribution in [0.15, 0.2) is 6.07 Å². The Morgan fingerprint density at radius 2 is 1.67 bits per heavy atom. The maximum Gasteiger partial charge on any atom is 0.312 e. The molecule has 1 N–H and O–H groups in total. The Morgan fingerprint density at radius 1 is 1.04 bits per heavy atom. The third-order valence-corrected chi connectivity index (χ3v) is 7.58. The van der Waals surface area contributed by atoms with Crippen molar-refractivity contribution < 1.29 is 19.4 Å². The monoisotopic (exact) mass is 370 g/mol. The molecule has 27 heavy (non-hydrogen) atoms. The van der Waals surface area contributed by atoms with E-state index < -0.39 is 11.0 Å². The van der Waals surface area contributed by atoms with Gasteiger partial charge in [0.2, 0.25) is 5.78 Å². The average Bonchev–Trinajstić information content (AvgIpc) is 2.58. The molecule has 4 atom stereocenters. The van der Waals surface area contributed by atoms with E-state index in [0.717, 1.165) is 48.8 Å². The Morgan fingerprint density at radius 3 is 2.26 bits per heavy atom. The zero-order valence-electron chi connectivity index (χ0n) is 16.9. The summed E-state index contributed by atoms with van der Waals surface area (Å²) < 4.78 is 5.55. The predicted octanol–water partition coefficient (Wildman–Crippen LogP) is 3.98. The lowest BCUT2D eigenvalue weighted by atomic mass is 9.48. The summed E-state index contributed by atoms with van der Waals surface area (Å²) in [6, 6.07) is 1.90. The van der Waals surface area contributed by atoms with Crippen LogP contribution in [-0.2, 0) is 9.53 Å². The summed E-state index contributed by atoms with van der Waals surface area (Å²) in [5.74, 6) is 0.422. The zero-order chi connectivity index (χ0) is 19.6. The first kappa shape index (κ1) is 18.7. The first-order valence-electron chi connectivity index (χ1n) is 10.1. The smallest absolute Gasteiger partial charge is 0.312 e. The Hall–Kier alpha value is -1.68. The van der Waals surface area contributed by atoms with E-state index in [1.807, 2.05) is 26.8 Å². The Kier molecular flexibility index (Phi) is 4.26. The van der Waals surface area contributed by atoms with Gasteiger partial charge in [0.1, 0.15) is 0 Å². The molecule has 0 spiro atoms. The molecular weight excluding hydrogens is 340 g/mol. The van der Waals surface area contributed by atoms with Crippen molar-refractivity contribution in [2.45, 2.75) is 71.8 Å². The molecule has 0 heterocycles. The molecule has 4 bridgehead atoms. The second kappa shape index (κ2) is 6.16. The van der Waals surface area contributed by atoms with Gasteiger partial charge in [-0.1, -0.05) is 0 Å². The lowest BCUT2D eigenvalue weighted by Crippen LogP contribution is -2.58. The summed E-state index contributed by atoms with van der Waals surface area (Å²) in [4.78, 5) is 25.7. The van der Waals surface area contributed by atoms with Crippen LogP contribution in [0.25, 0.3) is 0 Å². The lowest BCUT2D eigenvalue weighted by molar-refractivity contribution is -0.195. The van der Waals surface area contributed by atoms with Crippen molar-refractivity contribution in [3.8, 4) is 0 Å². The van der Waals surface area contributed by atoms with E-state index in [-0.39, 0.29) is 18.4 Å². The molecule has 1 aromatic carbocycles. The number of carbonyl (C=O) groups is 2. The van der Waals surface area contributed by atoms with E-state index in [2.05, 4.69) is 6.92 Å². The summed E-state index contributed by atoms with van der Waals surface area (Å²) in [7, 11) is 0. The number of benzene rings is 1. The van der Waals surface area contributed by atoms with Crippen molar-refractivity contribution >= 4 is 11.8 Å². The highest BCUT2D eigenvalue weighted by molar-refractivity contribution is 6.00. The minimum Gasteiger partial charge on any atom is -0.457 e. The molecule has 146 valence electrons. The molecule has 0 aromatic heterocycles. The van der Waals surface area contributed by atoms with Gasteiger partial charge in [0.25, 0.3) is 0 Å². The molecule has 1 aromatic rings. The minimum atomic E-state index is -0.700. The van der Waals surface area contributed by atoms with Crippen LogP contribution >= 0.6 is 0 Å². The number of ketones is 1. The first-order chi connectivity index (χ1) is 12.6. The number of ether oxygens (including phenoxy) is 1. The third kappa shape index (κ3) is 3.02. The fraction of sp³-hybridized carbons (Fsp3) is 0.652. The van der Waals surface area contributed by atoms with Crippen LogP contribution in [0, 0.1) is 44.9 Å². The molecule has 0 amide bonds. The highest BCUT2D eigenvalue weighted by Crippen LogP contribution is 2.61. The van der Waals surface area contributed by atoms with E-state index in [4.69, 9.17) is 4.74 Å². The first-order valence-corrected chi connectivity index (χ1v) is 10.1. The molecule has 4 saturated carbocycles. The maximum absolute atomic E-state index is 13.0. The SMILES string of the molecule is Cc1cc(C(=O)COC(=O)C23C[C@@H]4C[C@@H](CC(O)(C4)C2)C3)c(C)c(C)c1C. The highest BCUT2D eigenvalue weighted by atomic mass is 16.5. The predicted molar refractivity (Wildman–Crippen MR) is 103 cm³/mol. The number of Topliss-reactive ketones (excluding diaryl/α,β-unsaturated/α-hetero) is 1. The Labute approximate surface area is 161 Å². The van der Waals surface area contributed by atoms with Gasteiger partial charge in [0, 0.05) is 5.56 Å². The fourth-order valence-electron chi connectivity index (χ4n) is 6.32. The van der Waals surface area contributed by atoms with Crippen LogP contribution in [0.4, 0.5) is 0 Å². The van der Waals surface area contributed by atoms with Crippen molar-refractivity contribution in [3.05, 3.63) is 33.9 Å². The standard InChI is InChI=1S/C23H30O4/c1-13-5-19(16(4)15(3)14(13)2)20(24)11-27-21(25)22-7-17-6-18(8-22)10-23(26,9-17)12-22/h5,17-18,26H,6-12H2,1-4H3/t17-,18+,22?,23?. The summed E-state index contributed by atoms with van der Waals surface area (Å²) in [5, 5.41) is 10.8. The van der Waals surface area contributed by atoms with E-state index in [1.54, 1.807) is 0 Å². The number of hydrogen-bond donors (Lipinski definition) is 1. The number of carbonyl (C=O) groups excluding carboxylic acids is 2. The van der Waals surface area contributed by atoms with E-state index in [1.165, 1.54) is 5.56 Å². The van der Waals surface area contributed by atoms with Crippen molar-refractivity contribution in [2.75, 3.05) is 6.61 Å². The van der Waals surface area contributed by atoms with E-state index >= 15 is 0 Å². The Bertz CT molecular complexity index is 808. The van der Waals surface area contributed by atoms with E-state index in [9.17, 15) is 14.7 Å². The van der Waals surface area contributed by atoms with Crippen molar-refractivity contribution in [1.82, 2.24) is 0 Å². The maximum atomic E-state index is 13.0. The van der Waals surface area contributed by atoms with Crippen molar-refractivity contribution in [1.29, 1.82) is 0 Å². The van der Waals surface area contributed by atoms with E-state index in [0.29, 0.717) is 23.8 Å². The number of rotatable bonds is 4. The molecule has 0 aliphatic heterocycles. The number of esters is 1. The summed E-state index contributed by atoms with van der Waals surface area (Å²) in [6.07, 6.45) is 4.87. The van der Waals surface area contributed by atoms with Gasteiger partial charge in [-0.25, -0.2) is 0 Å². The molecule has 4 nitrogen and oxygen atoms in total. The molecule has 0 saturated heterocycles. The van der Waals surface area contributed by atoms with Gasteiger partial charge < -0.3 is 9.84 Å². The third-order valence-electron chi connectivity index (χ3n) is 7.58. The number of hydrogen-bond acceptors (Lipinski definition) is 4. The molecule has 4 heteroatoms. The number of aryl methyl sites for hydroxylation is 1. The normalized spacial score (nSPS) is 34.0. The van der Waals surface area contributed by atoms with Gasteiger partial charge in [-0.3, -0.25) is 9.59 Å². The molecule has 4 fully saturated rings. The highest BCUT2D eigenvalue weighted by Gasteiger charge is 2.60. The van der Waals surface area contributed by atoms with Crippen LogP contribution in [0.2, 0.25) is 0 Å².